The Morgan fingerprint density at radius 2 is 1.81 bits per heavy atom. The lowest BCUT2D eigenvalue weighted by molar-refractivity contribution is -0.148. The monoisotopic (exact) mass is 356 g/mol. The molecule has 1 aromatic heterocycles. The predicted octanol–water partition coefficient (Wildman–Crippen LogP) is 3.04. The number of hydrogen-bond donors (Lipinski definition) is 1. The smallest absolute Gasteiger partial charge is 0.314 e. The fourth-order valence-electron chi connectivity index (χ4n) is 4.00. The number of benzene rings is 1. The Bertz CT molecular complexity index is 785. The zero-order valence-corrected chi connectivity index (χ0v) is 15.4. The number of carboxylic acid groups (broad SMARTS) is 1. The molecule has 2 heterocycles. The van der Waals surface area contributed by atoms with Crippen molar-refractivity contribution >= 4 is 11.9 Å². The first-order chi connectivity index (χ1) is 12.4. The van der Waals surface area contributed by atoms with Gasteiger partial charge < -0.3 is 14.5 Å². The van der Waals surface area contributed by atoms with Crippen LogP contribution in [0.1, 0.15) is 48.3 Å². The van der Waals surface area contributed by atoms with Gasteiger partial charge in [0.1, 0.15) is 5.76 Å². The van der Waals surface area contributed by atoms with Crippen molar-refractivity contribution in [2.45, 2.75) is 44.9 Å². The molecule has 1 aliphatic rings. The first-order valence-corrected chi connectivity index (χ1v) is 8.87. The highest BCUT2D eigenvalue weighted by Gasteiger charge is 2.44. The van der Waals surface area contributed by atoms with E-state index in [1.807, 2.05) is 44.2 Å². The number of amides is 1. The lowest BCUT2D eigenvalue weighted by atomic mass is 9.72. The van der Waals surface area contributed by atoms with Crippen LogP contribution < -0.4 is 0 Å². The maximum absolute atomic E-state index is 12.9. The second kappa shape index (κ2) is 6.94. The van der Waals surface area contributed by atoms with Crippen molar-refractivity contribution in [1.29, 1.82) is 0 Å². The molecule has 0 unspecified atom stereocenters. The molecule has 138 valence electrons. The lowest BCUT2D eigenvalue weighted by Crippen LogP contribution is -2.49. The largest absolute Gasteiger partial charge is 0.481 e. The third-order valence-corrected chi connectivity index (χ3v) is 5.56. The highest BCUT2D eigenvalue weighted by Crippen LogP contribution is 2.37. The highest BCUT2D eigenvalue weighted by atomic mass is 16.5. The number of carboxylic acids is 1. The van der Waals surface area contributed by atoms with E-state index in [9.17, 15) is 14.7 Å². The highest BCUT2D eigenvalue weighted by molar-refractivity contribution is 5.85. The van der Waals surface area contributed by atoms with Crippen molar-refractivity contribution in [3.63, 3.8) is 0 Å². The molecule has 26 heavy (non-hydrogen) atoms. The molecule has 1 aliphatic heterocycles. The maximum atomic E-state index is 12.9. The van der Waals surface area contributed by atoms with Gasteiger partial charge in [-0.3, -0.25) is 9.59 Å². The second-order valence-corrected chi connectivity index (χ2v) is 7.04. The summed E-state index contributed by atoms with van der Waals surface area (Å²) in [4.78, 5) is 26.7. The predicted molar refractivity (Wildman–Crippen MR) is 96.0 cm³/mol. The Morgan fingerprint density at radius 3 is 2.31 bits per heavy atom. The van der Waals surface area contributed by atoms with E-state index in [2.05, 4.69) is 5.16 Å². The Hall–Kier alpha value is -2.63. The van der Waals surface area contributed by atoms with Gasteiger partial charge in [-0.15, -0.1) is 0 Å². The van der Waals surface area contributed by atoms with E-state index < -0.39 is 11.4 Å². The van der Waals surface area contributed by atoms with Crippen LogP contribution in [0.4, 0.5) is 0 Å². The van der Waals surface area contributed by atoms with Crippen LogP contribution in [0.15, 0.2) is 34.9 Å². The molecule has 0 saturated carbocycles. The second-order valence-electron chi connectivity index (χ2n) is 7.04. The molecule has 1 atom stereocenters. The molecule has 0 aliphatic carbocycles. The van der Waals surface area contributed by atoms with Crippen molar-refractivity contribution in [2.24, 2.45) is 0 Å². The topological polar surface area (TPSA) is 83.6 Å². The van der Waals surface area contributed by atoms with Crippen LogP contribution >= 0.6 is 0 Å². The SMILES string of the molecule is Cc1noc(C)c1[C@@H](C)C(=O)N1CCC(C(=O)O)(c2ccccc2)CC1. The molecule has 1 N–H and O–H groups in total. The number of hydrogen-bond acceptors (Lipinski definition) is 4. The van der Waals surface area contributed by atoms with Crippen LogP contribution in [-0.2, 0) is 15.0 Å². The van der Waals surface area contributed by atoms with E-state index in [1.54, 1.807) is 11.8 Å². The molecule has 3 rings (SSSR count). The van der Waals surface area contributed by atoms with Crippen LogP contribution in [0.5, 0.6) is 0 Å². The van der Waals surface area contributed by atoms with Gasteiger partial charge in [-0.2, -0.15) is 0 Å². The van der Waals surface area contributed by atoms with E-state index >= 15 is 0 Å². The minimum Gasteiger partial charge on any atom is -0.481 e. The molecule has 2 aromatic rings. The Kier molecular flexibility index (Phi) is 4.85. The summed E-state index contributed by atoms with van der Waals surface area (Å²) in [5, 5.41) is 13.8. The molecule has 6 nitrogen and oxygen atoms in total. The maximum Gasteiger partial charge on any atom is 0.314 e. The van der Waals surface area contributed by atoms with Crippen molar-refractivity contribution < 1.29 is 19.2 Å². The van der Waals surface area contributed by atoms with Crippen LogP contribution in [0.2, 0.25) is 0 Å². The third kappa shape index (κ3) is 3.00. The molecule has 1 amide bonds. The molecular weight excluding hydrogens is 332 g/mol. The number of carbonyl (C=O) groups is 2. The van der Waals surface area contributed by atoms with Crippen molar-refractivity contribution in [2.75, 3.05) is 13.1 Å². The molecule has 1 aromatic carbocycles. The van der Waals surface area contributed by atoms with Gasteiger partial charge in [0.2, 0.25) is 5.91 Å². The zero-order valence-electron chi connectivity index (χ0n) is 15.4. The van der Waals surface area contributed by atoms with Crippen LogP contribution in [0.3, 0.4) is 0 Å². The Labute approximate surface area is 152 Å². The molecule has 0 spiro atoms. The normalized spacial score (nSPS) is 17.7. The minimum atomic E-state index is -0.926. The van der Waals surface area contributed by atoms with Gasteiger partial charge in [-0.25, -0.2) is 0 Å². The van der Waals surface area contributed by atoms with Crippen LogP contribution in [-0.4, -0.2) is 40.1 Å². The molecular formula is C20H24N2O4. The molecule has 6 heteroatoms. The molecule has 1 saturated heterocycles. The van der Waals surface area contributed by atoms with Crippen molar-refractivity contribution in [3.05, 3.63) is 52.9 Å². The summed E-state index contributed by atoms with van der Waals surface area (Å²) in [6.07, 6.45) is 0.818. The van der Waals surface area contributed by atoms with Gasteiger partial charge >= 0.3 is 5.97 Å². The average Bonchev–Trinajstić information content (AvgIpc) is 2.99. The third-order valence-electron chi connectivity index (χ3n) is 5.56. The van der Waals surface area contributed by atoms with Crippen molar-refractivity contribution in [3.8, 4) is 0 Å². The molecule has 0 bridgehead atoms. The minimum absolute atomic E-state index is 0.00792. The number of aliphatic carboxylic acids is 1. The lowest BCUT2D eigenvalue weighted by Gasteiger charge is -2.40. The number of aryl methyl sites for hydroxylation is 2. The van der Waals surface area contributed by atoms with Gasteiger partial charge in [-0.1, -0.05) is 35.5 Å². The summed E-state index contributed by atoms with van der Waals surface area (Å²) in [5.41, 5.74) is 1.43. The van der Waals surface area contributed by atoms with E-state index in [1.165, 1.54) is 0 Å². The number of rotatable bonds is 4. The summed E-state index contributed by atoms with van der Waals surface area (Å²) in [5.74, 6) is -0.527. The van der Waals surface area contributed by atoms with Gasteiger partial charge in [0.25, 0.3) is 0 Å². The average molecular weight is 356 g/mol. The summed E-state index contributed by atoms with van der Waals surface area (Å²) in [6.45, 7) is 6.34. The number of likely N-dealkylation sites (tertiary alicyclic amines) is 1. The summed E-state index contributed by atoms with van der Waals surface area (Å²) >= 11 is 0. The zero-order chi connectivity index (χ0) is 18.9. The van der Waals surface area contributed by atoms with Crippen molar-refractivity contribution in [1.82, 2.24) is 10.1 Å². The first-order valence-electron chi connectivity index (χ1n) is 8.87. The van der Waals surface area contributed by atoms with Gasteiger partial charge in [0.05, 0.1) is 17.0 Å². The number of aromatic nitrogens is 1. The van der Waals surface area contributed by atoms with E-state index in [0.29, 0.717) is 31.7 Å². The van der Waals surface area contributed by atoms with Crippen LogP contribution in [0, 0.1) is 13.8 Å². The Morgan fingerprint density at radius 1 is 1.19 bits per heavy atom. The van der Waals surface area contributed by atoms with Gasteiger partial charge in [-0.05, 0) is 39.2 Å². The van der Waals surface area contributed by atoms with E-state index in [4.69, 9.17) is 4.52 Å². The van der Waals surface area contributed by atoms with E-state index in [-0.39, 0.29) is 11.8 Å². The summed E-state index contributed by atoms with van der Waals surface area (Å²) < 4.78 is 5.18. The standard InChI is InChI=1S/C20H24N2O4/c1-13(17-14(2)21-26-15(17)3)18(23)22-11-9-20(10-12-22,19(24)25)16-7-5-4-6-8-16/h4-8,13H,9-12H2,1-3H3,(H,24,25)/t13-/m1/s1. The quantitative estimate of drug-likeness (QED) is 0.910. The van der Waals surface area contributed by atoms with Crippen LogP contribution in [0.25, 0.3) is 0 Å². The fraction of sp³-hybridized carbons (Fsp3) is 0.450. The Balaban J connectivity index is 1.77. The summed E-state index contributed by atoms with van der Waals surface area (Å²) in [7, 11) is 0. The molecule has 1 fully saturated rings. The first kappa shape index (κ1) is 18.2. The number of nitrogens with zero attached hydrogens (tertiary/aromatic N) is 2. The fourth-order valence-corrected chi connectivity index (χ4v) is 4.00. The van der Waals surface area contributed by atoms with Gasteiger partial charge in [0, 0.05) is 18.7 Å². The molecule has 0 radical (unpaired) electrons. The van der Waals surface area contributed by atoms with Gasteiger partial charge in [0.15, 0.2) is 0 Å². The number of carbonyl (C=O) groups excluding carboxylic acids is 1. The summed E-state index contributed by atoms with van der Waals surface area (Å²) in [6, 6.07) is 9.31. The van der Waals surface area contributed by atoms with E-state index in [0.717, 1.165) is 16.8 Å². The number of piperidine rings is 1.